The Morgan fingerprint density at radius 2 is 2.12 bits per heavy atom. The fourth-order valence-corrected chi connectivity index (χ4v) is 2.69. The van der Waals surface area contributed by atoms with Crippen molar-refractivity contribution in [3.8, 4) is 5.75 Å². The summed E-state index contributed by atoms with van der Waals surface area (Å²) < 4.78 is 11.5. The van der Waals surface area contributed by atoms with Crippen LogP contribution in [0.4, 0.5) is 0 Å². The summed E-state index contributed by atoms with van der Waals surface area (Å²) in [7, 11) is 0. The number of hydrazone groups is 1. The van der Waals surface area contributed by atoms with Crippen molar-refractivity contribution in [1.82, 2.24) is 5.43 Å². The zero-order valence-corrected chi connectivity index (χ0v) is 15.6. The van der Waals surface area contributed by atoms with E-state index in [1.54, 1.807) is 30.3 Å². The third kappa shape index (κ3) is 4.30. The number of ether oxygens (including phenoxy) is 1. The van der Waals surface area contributed by atoms with Crippen LogP contribution in [-0.2, 0) is 4.79 Å². The van der Waals surface area contributed by atoms with Crippen LogP contribution in [0.5, 0.6) is 5.75 Å². The van der Waals surface area contributed by atoms with Gasteiger partial charge in [0.1, 0.15) is 17.6 Å². The highest BCUT2D eigenvalue weighted by Crippen LogP contribution is 2.23. The molecule has 2 aromatic carbocycles. The third-order valence-corrected chi connectivity index (χ3v) is 4.24. The van der Waals surface area contributed by atoms with E-state index < -0.39 is 5.91 Å². The number of fused-ring (bicyclic) bond motifs is 1. The van der Waals surface area contributed by atoms with Crippen molar-refractivity contribution in [2.45, 2.75) is 0 Å². The van der Waals surface area contributed by atoms with E-state index in [4.69, 9.17) is 20.8 Å². The Morgan fingerprint density at radius 3 is 2.92 bits per heavy atom. The minimum Gasteiger partial charge on any atom is -0.483 e. The Kier molecular flexibility index (Phi) is 5.70. The fourth-order valence-electron chi connectivity index (χ4n) is 2.12. The van der Waals surface area contributed by atoms with Gasteiger partial charge >= 0.3 is 0 Å². The normalized spacial score (nSPS) is 11.0. The highest BCUT2D eigenvalue weighted by Gasteiger charge is 2.07. The highest BCUT2D eigenvalue weighted by molar-refractivity contribution is 9.10. The molecule has 6 nitrogen and oxygen atoms in total. The molecule has 26 heavy (non-hydrogen) atoms. The number of carbonyl (C=O) groups excluding carboxylic acids is 1. The van der Waals surface area contributed by atoms with E-state index in [0.29, 0.717) is 21.7 Å². The summed E-state index contributed by atoms with van der Waals surface area (Å²) in [4.78, 5) is 24.1. The minimum atomic E-state index is -0.467. The number of hydrogen-bond donors (Lipinski definition) is 1. The van der Waals surface area contributed by atoms with Gasteiger partial charge in [-0.25, -0.2) is 5.43 Å². The monoisotopic (exact) mass is 434 g/mol. The molecule has 1 amide bonds. The molecule has 0 radical (unpaired) electrons. The molecule has 3 aromatic rings. The number of para-hydroxylation sites is 1. The van der Waals surface area contributed by atoms with Gasteiger partial charge in [-0.1, -0.05) is 23.7 Å². The molecule has 8 heteroatoms. The van der Waals surface area contributed by atoms with Crippen LogP contribution < -0.4 is 15.6 Å². The maximum Gasteiger partial charge on any atom is 0.277 e. The molecule has 0 fully saturated rings. The summed E-state index contributed by atoms with van der Waals surface area (Å²) in [6.07, 6.45) is 2.48. The van der Waals surface area contributed by atoms with Crippen molar-refractivity contribution >= 4 is 50.6 Å². The molecule has 1 aromatic heterocycles. The molecule has 1 N–H and O–H groups in total. The van der Waals surface area contributed by atoms with Crippen LogP contribution in [-0.4, -0.2) is 18.7 Å². The lowest BCUT2D eigenvalue weighted by molar-refractivity contribution is -0.123. The predicted octanol–water partition coefficient (Wildman–Crippen LogP) is 3.74. The molecule has 1 heterocycles. The van der Waals surface area contributed by atoms with Crippen molar-refractivity contribution in [3.05, 3.63) is 74.0 Å². The van der Waals surface area contributed by atoms with Gasteiger partial charge in [-0.2, -0.15) is 5.10 Å². The van der Waals surface area contributed by atoms with Gasteiger partial charge in [-0.3, -0.25) is 9.59 Å². The first kappa shape index (κ1) is 18.2. The number of nitrogens with zero attached hydrogens (tertiary/aromatic N) is 1. The number of halogens is 2. The van der Waals surface area contributed by atoms with Gasteiger partial charge in [-0.15, -0.1) is 0 Å². The predicted molar refractivity (Wildman–Crippen MR) is 103 cm³/mol. The summed E-state index contributed by atoms with van der Waals surface area (Å²) >= 11 is 9.22. The van der Waals surface area contributed by atoms with Gasteiger partial charge in [0, 0.05) is 5.02 Å². The van der Waals surface area contributed by atoms with Crippen LogP contribution in [0.15, 0.2) is 67.5 Å². The third-order valence-electron chi connectivity index (χ3n) is 3.35. The van der Waals surface area contributed by atoms with Gasteiger partial charge in [0.15, 0.2) is 6.61 Å². The van der Waals surface area contributed by atoms with Gasteiger partial charge in [0.05, 0.1) is 21.6 Å². The van der Waals surface area contributed by atoms with Gasteiger partial charge in [0.25, 0.3) is 5.91 Å². The van der Waals surface area contributed by atoms with Gasteiger partial charge in [-0.05, 0) is 46.3 Å². The van der Waals surface area contributed by atoms with E-state index in [0.717, 1.165) is 4.47 Å². The van der Waals surface area contributed by atoms with E-state index >= 15 is 0 Å². The van der Waals surface area contributed by atoms with Gasteiger partial charge < -0.3 is 9.15 Å². The second kappa shape index (κ2) is 8.16. The lowest BCUT2D eigenvalue weighted by Gasteiger charge is -2.06. The molecule has 3 rings (SSSR count). The van der Waals surface area contributed by atoms with Crippen molar-refractivity contribution in [2.75, 3.05) is 6.61 Å². The van der Waals surface area contributed by atoms with Crippen molar-refractivity contribution in [1.29, 1.82) is 0 Å². The molecule has 0 saturated carbocycles. The highest BCUT2D eigenvalue weighted by atomic mass is 79.9. The molecule has 0 unspecified atom stereocenters. The first-order valence-electron chi connectivity index (χ1n) is 7.45. The van der Waals surface area contributed by atoms with E-state index in [2.05, 4.69) is 26.5 Å². The SMILES string of the molecule is O=C(COc1ccccc1Br)N/N=C\c1coc2ccc(Cl)cc2c1=O. The molecule has 132 valence electrons. The Labute approximate surface area is 161 Å². The Bertz CT molecular complexity index is 1050. The van der Waals surface area contributed by atoms with Crippen LogP contribution in [0, 0.1) is 0 Å². The van der Waals surface area contributed by atoms with E-state index in [1.807, 2.05) is 6.07 Å². The zero-order chi connectivity index (χ0) is 18.5. The first-order valence-corrected chi connectivity index (χ1v) is 8.62. The summed E-state index contributed by atoms with van der Waals surface area (Å²) in [5, 5.41) is 4.52. The zero-order valence-electron chi connectivity index (χ0n) is 13.2. The number of amides is 1. The fraction of sp³-hybridized carbons (Fsp3) is 0.0556. The van der Waals surface area contributed by atoms with Crippen LogP contribution in [0.3, 0.4) is 0 Å². The molecular weight excluding hydrogens is 424 g/mol. The second-order valence-corrected chi connectivity index (χ2v) is 6.46. The number of benzene rings is 2. The number of nitrogens with one attached hydrogen (secondary N) is 1. The molecule has 0 spiro atoms. The molecule has 0 atom stereocenters. The average Bonchev–Trinajstić information content (AvgIpc) is 2.63. The Hall–Kier alpha value is -2.64. The molecule has 0 aliphatic carbocycles. The second-order valence-electron chi connectivity index (χ2n) is 5.17. The molecule has 0 saturated heterocycles. The number of rotatable bonds is 5. The van der Waals surface area contributed by atoms with Crippen molar-refractivity contribution < 1.29 is 13.9 Å². The largest absolute Gasteiger partial charge is 0.483 e. The summed E-state index contributed by atoms with van der Waals surface area (Å²) in [5.41, 5.74) is 2.60. The van der Waals surface area contributed by atoms with E-state index in [9.17, 15) is 9.59 Å². The summed E-state index contributed by atoms with van der Waals surface area (Å²) in [5.74, 6) is 0.0731. The summed E-state index contributed by atoms with van der Waals surface area (Å²) in [6, 6.07) is 11.9. The Balaban J connectivity index is 1.64. The molecular formula is C18H12BrClN2O4. The van der Waals surface area contributed by atoms with E-state index in [-0.39, 0.29) is 17.6 Å². The topological polar surface area (TPSA) is 80.9 Å². The first-order chi connectivity index (χ1) is 12.5. The Morgan fingerprint density at radius 1 is 1.31 bits per heavy atom. The van der Waals surface area contributed by atoms with Crippen LogP contribution >= 0.6 is 27.5 Å². The lowest BCUT2D eigenvalue weighted by atomic mass is 10.2. The maximum absolute atomic E-state index is 12.4. The lowest BCUT2D eigenvalue weighted by Crippen LogP contribution is -2.25. The van der Waals surface area contributed by atoms with Crippen molar-refractivity contribution in [3.63, 3.8) is 0 Å². The quantitative estimate of drug-likeness (QED) is 0.489. The van der Waals surface area contributed by atoms with Crippen molar-refractivity contribution in [2.24, 2.45) is 5.10 Å². The molecule has 0 bridgehead atoms. The number of hydrogen-bond acceptors (Lipinski definition) is 5. The number of carbonyl (C=O) groups is 1. The summed E-state index contributed by atoms with van der Waals surface area (Å²) in [6.45, 7) is -0.220. The van der Waals surface area contributed by atoms with Crippen LogP contribution in [0.1, 0.15) is 5.56 Å². The molecule has 0 aliphatic heterocycles. The smallest absolute Gasteiger partial charge is 0.277 e. The van der Waals surface area contributed by atoms with Crippen LogP contribution in [0.25, 0.3) is 11.0 Å². The standard InChI is InChI=1S/C18H12BrClN2O4/c19-14-3-1-2-4-16(14)26-10-17(23)22-21-8-11-9-25-15-6-5-12(20)7-13(15)18(11)24/h1-9H,10H2,(H,22,23)/b21-8-. The maximum atomic E-state index is 12.4. The van der Waals surface area contributed by atoms with Crippen LogP contribution in [0.2, 0.25) is 5.02 Å². The van der Waals surface area contributed by atoms with E-state index in [1.165, 1.54) is 18.5 Å². The molecule has 0 aliphatic rings. The average molecular weight is 436 g/mol. The van der Waals surface area contributed by atoms with Gasteiger partial charge in [0.2, 0.25) is 5.43 Å². The minimum absolute atomic E-state index is 0.187.